The zero-order valence-corrected chi connectivity index (χ0v) is 23.4. The van der Waals surface area contributed by atoms with E-state index in [1.165, 1.54) is 107 Å². The van der Waals surface area contributed by atoms with Gasteiger partial charge < -0.3 is 5.32 Å². The lowest BCUT2D eigenvalue weighted by Crippen LogP contribution is -2.46. The number of benzene rings is 3. The van der Waals surface area contributed by atoms with E-state index in [0.29, 0.717) is 0 Å². The number of hydrogen-bond donors (Lipinski definition) is 1. The lowest BCUT2D eigenvalue weighted by Gasteiger charge is -2.24. The first-order chi connectivity index (χ1) is 16.9. The van der Waals surface area contributed by atoms with Crippen LogP contribution in [0.25, 0.3) is 11.1 Å². The Labute approximate surface area is 218 Å². The van der Waals surface area contributed by atoms with Crippen LogP contribution >= 0.6 is 0 Å². The Morgan fingerprint density at radius 1 is 0.600 bits per heavy atom. The third-order valence-electron chi connectivity index (χ3n) is 7.81. The smallest absolute Gasteiger partial charge is 0.141 e. The molecular weight excluding hydrogens is 418 g/mol. The SMILES string of the molecule is Bc1c(B)c(Nc2ccc(CCCC)cc2-c2ccc(CCCC)cc2)c(B)c(B)c1CCCC. The van der Waals surface area contributed by atoms with E-state index in [-0.39, 0.29) is 0 Å². The van der Waals surface area contributed by atoms with Gasteiger partial charge in [0, 0.05) is 16.9 Å². The number of nitrogens with one attached hydrogen (secondary N) is 1. The molecule has 0 saturated heterocycles. The summed E-state index contributed by atoms with van der Waals surface area (Å²) >= 11 is 0. The van der Waals surface area contributed by atoms with Gasteiger partial charge in [0.05, 0.1) is 0 Å². The summed E-state index contributed by atoms with van der Waals surface area (Å²) in [5, 5.41) is 3.90. The van der Waals surface area contributed by atoms with Crippen molar-refractivity contribution in [3.05, 3.63) is 59.2 Å². The van der Waals surface area contributed by atoms with Crippen molar-refractivity contribution >= 4 is 64.6 Å². The van der Waals surface area contributed by atoms with Gasteiger partial charge in [0.25, 0.3) is 0 Å². The van der Waals surface area contributed by atoms with Crippen LogP contribution in [0.4, 0.5) is 11.4 Å². The standard InChI is InChI=1S/C30H43B4N/c1-4-7-10-20-13-16-22(17-14-20)24-19-21(11-8-5-2)15-18-25(24)35-30-28(33)26(31)23(12-9-6-3)27(32)29(30)34/h13-19,35H,4-12,31-34H2,1-3H3. The number of anilines is 2. The highest BCUT2D eigenvalue weighted by molar-refractivity contribution is 6.60. The van der Waals surface area contributed by atoms with Gasteiger partial charge in [-0.25, -0.2) is 0 Å². The number of unbranched alkanes of at least 4 members (excludes halogenated alkanes) is 3. The number of aryl methyl sites for hydroxylation is 2. The molecule has 5 heteroatoms. The summed E-state index contributed by atoms with van der Waals surface area (Å²) < 4.78 is 0. The second-order valence-corrected chi connectivity index (χ2v) is 10.4. The zero-order valence-electron chi connectivity index (χ0n) is 23.4. The van der Waals surface area contributed by atoms with Crippen LogP contribution in [0, 0.1) is 0 Å². The minimum absolute atomic E-state index is 1.14. The van der Waals surface area contributed by atoms with Crippen LogP contribution < -0.4 is 27.2 Å². The van der Waals surface area contributed by atoms with E-state index < -0.39 is 0 Å². The summed E-state index contributed by atoms with van der Waals surface area (Å²) in [5.74, 6) is 0. The van der Waals surface area contributed by atoms with Gasteiger partial charge in [-0.3, -0.25) is 0 Å². The third kappa shape index (κ3) is 6.69. The minimum atomic E-state index is 1.14. The molecule has 0 heterocycles. The molecule has 180 valence electrons. The third-order valence-corrected chi connectivity index (χ3v) is 7.81. The Balaban J connectivity index is 2.03. The Morgan fingerprint density at radius 2 is 1.11 bits per heavy atom. The largest absolute Gasteiger partial charge is 0.356 e. The van der Waals surface area contributed by atoms with Gasteiger partial charge in [0.1, 0.15) is 31.4 Å². The van der Waals surface area contributed by atoms with Crippen LogP contribution in [0.5, 0.6) is 0 Å². The van der Waals surface area contributed by atoms with E-state index in [9.17, 15) is 0 Å². The molecule has 0 aliphatic rings. The van der Waals surface area contributed by atoms with E-state index in [4.69, 9.17) is 0 Å². The molecule has 0 aliphatic carbocycles. The Kier molecular flexibility index (Phi) is 10.3. The van der Waals surface area contributed by atoms with Crippen molar-refractivity contribution in [3.63, 3.8) is 0 Å². The highest BCUT2D eigenvalue weighted by Crippen LogP contribution is 2.32. The second-order valence-electron chi connectivity index (χ2n) is 10.4. The van der Waals surface area contributed by atoms with Crippen molar-refractivity contribution in [3.8, 4) is 11.1 Å². The first-order valence-electron chi connectivity index (χ1n) is 14.0. The quantitative estimate of drug-likeness (QED) is 0.408. The molecule has 1 N–H and O–H groups in total. The molecule has 3 aromatic rings. The molecule has 1 nitrogen and oxygen atoms in total. The van der Waals surface area contributed by atoms with Crippen LogP contribution in [0.3, 0.4) is 0 Å². The highest BCUT2D eigenvalue weighted by atomic mass is 14.9. The van der Waals surface area contributed by atoms with Crippen LogP contribution in [0.15, 0.2) is 42.5 Å². The Morgan fingerprint density at radius 3 is 1.69 bits per heavy atom. The molecule has 0 fully saturated rings. The second kappa shape index (κ2) is 13.1. The molecule has 0 radical (unpaired) electrons. The molecule has 0 aliphatic heterocycles. The molecule has 0 aromatic heterocycles. The van der Waals surface area contributed by atoms with E-state index in [2.05, 4.69) is 99.9 Å². The first kappa shape index (κ1) is 27.3. The van der Waals surface area contributed by atoms with Gasteiger partial charge in [-0.2, -0.15) is 0 Å². The summed E-state index contributed by atoms with van der Waals surface area (Å²) in [6.07, 6.45) is 10.9. The fraction of sp³-hybridized carbons (Fsp3) is 0.400. The first-order valence-corrected chi connectivity index (χ1v) is 14.0. The van der Waals surface area contributed by atoms with Crippen LogP contribution in [0.1, 0.15) is 76.0 Å². The molecular formula is C30H43B4N. The van der Waals surface area contributed by atoms with Crippen molar-refractivity contribution in [2.45, 2.75) is 78.6 Å². The summed E-state index contributed by atoms with van der Waals surface area (Å²) in [7, 11) is 9.19. The summed E-state index contributed by atoms with van der Waals surface area (Å²) in [4.78, 5) is 0. The number of rotatable bonds is 12. The predicted molar refractivity (Wildman–Crippen MR) is 170 cm³/mol. The molecule has 3 aromatic carbocycles. The van der Waals surface area contributed by atoms with Gasteiger partial charge in [-0.05, 0) is 67.3 Å². The summed E-state index contributed by atoms with van der Waals surface area (Å²) in [6, 6.07) is 16.3. The van der Waals surface area contributed by atoms with Crippen molar-refractivity contribution in [1.29, 1.82) is 0 Å². The lowest BCUT2D eigenvalue weighted by atomic mass is 9.65. The van der Waals surface area contributed by atoms with Crippen LogP contribution in [0.2, 0.25) is 0 Å². The van der Waals surface area contributed by atoms with Crippen molar-refractivity contribution < 1.29 is 0 Å². The monoisotopic (exact) mass is 461 g/mol. The van der Waals surface area contributed by atoms with Crippen molar-refractivity contribution in [2.24, 2.45) is 0 Å². The molecule has 0 spiro atoms. The molecule has 3 rings (SSSR count). The predicted octanol–water partition coefficient (Wildman–Crippen LogP) is 2.16. The van der Waals surface area contributed by atoms with Gasteiger partial charge in [-0.1, -0.05) is 97.8 Å². The zero-order chi connectivity index (χ0) is 25.4. The van der Waals surface area contributed by atoms with Gasteiger partial charge in [-0.15, -0.1) is 0 Å². The Hall–Kier alpha value is -2.28. The number of hydrogen-bond acceptors (Lipinski definition) is 1. The summed E-state index contributed by atoms with van der Waals surface area (Å²) in [6.45, 7) is 6.81. The molecule has 0 saturated carbocycles. The van der Waals surface area contributed by atoms with Gasteiger partial charge >= 0.3 is 0 Å². The Bertz CT molecular complexity index is 1090. The highest BCUT2D eigenvalue weighted by Gasteiger charge is 2.16. The summed E-state index contributed by atoms with van der Waals surface area (Å²) in [5.41, 5.74) is 15.2. The lowest BCUT2D eigenvalue weighted by molar-refractivity contribution is 0.795. The average Bonchev–Trinajstić information content (AvgIpc) is 2.88. The molecule has 0 atom stereocenters. The van der Waals surface area contributed by atoms with E-state index in [1.54, 1.807) is 5.56 Å². The molecule has 0 bridgehead atoms. The molecule has 35 heavy (non-hydrogen) atoms. The average molecular weight is 461 g/mol. The maximum Gasteiger partial charge on any atom is 0.141 e. The van der Waals surface area contributed by atoms with Crippen molar-refractivity contribution in [2.75, 3.05) is 5.32 Å². The van der Waals surface area contributed by atoms with Gasteiger partial charge in [0.2, 0.25) is 0 Å². The van der Waals surface area contributed by atoms with Crippen LogP contribution in [-0.2, 0) is 19.3 Å². The molecule has 0 amide bonds. The van der Waals surface area contributed by atoms with Crippen LogP contribution in [-0.4, -0.2) is 31.4 Å². The molecule has 0 unspecified atom stereocenters. The normalized spacial score (nSPS) is 11.1. The maximum atomic E-state index is 3.90. The van der Waals surface area contributed by atoms with E-state index in [0.717, 1.165) is 6.42 Å². The maximum absolute atomic E-state index is 3.90. The fourth-order valence-corrected chi connectivity index (χ4v) is 5.15. The minimum Gasteiger partial charge on any atom is -0.356 e. The van der Waals surface area contributed by atoms with E-state index in [1.807, 2.05) is 0 Å². The van der Waals surface area contributed by atoms with Crippen molar-refractivity contribution in [1.82, 2.24) is 0 Å². The fourth-order valence-electron chi connectivity index (χ4n) is 5.15. The van der Waals surface area contributed by atoms with Gasteiger partial charge in [0.15, 0.2) is 0 Å². The van der Waals surface area contributed by atoms with E-state index >= 15 is 0 Å². The topological polar surface area (TPSA) is 12.0 Å².